The molecular formula is C26H26N2O3. The lowest BCUT2D eigenvalue weighted by atomic mass is 9.97. The number of hydrogen-bond donors (Lipinski definition) is 2. The maximum atomic E-state index is 12.3. The number of carbonyl (C=O) groups excluding carboxylic acids is 1. The molecule has 0 radical (unpaired) electrons. The number of amides is 1. The minimum absolute atomic E-state index is 0.0201. The molecule has 0 spiro atoms. The predicted molar refractivity (Wildman–Crippen MR) is 123 cm³/mol. The van der Waals surface area contributed by atoms with Crippen LogP contribution in [0.25, 0.3) is 5.57 Å². The molecule has 3 aromatic rings. The highest BCUT2D eigenvalue weighted by Gasteiger charge is 2.08. The molecule has 1 heterocycles. The van der Waals surface area contributed by atoms with Crippen LogP contribution in [0, 0.1) is 0 Å². The van der Waals surface area contributed by atoms with Crippen molar-refractivity contribution in [1.82, 2.24) is 4.98 Å². The third kappa shape index (κ3) is 7.23. The van der Waals surface area contributed by atoms with Crippen LogP contribution in [-0.2, 0) is 16.0 Å². The van der Waals surface area contributed by atoms with Crippen LogP contribution in [0.1, 0.15) is 42.4 Å². The Morgan fingerprint density at radius 2 is 1.68 bits per heavy atom. The van der Waals surface area contributed by atoms with Crippen molar-refractivity contribution in [3.8, 4) is 0 Å². The topological polar surface area (TPSA) is 79.3 Å². The molecule has 0 saturated carbocycles. The van der Waals surface area contributed by atoms with Crippen LogP contribution in [0.5, 0.6) is 0 Å². The van der Waals surface area contributed by atoms with Crippen molar-refractivity contribution in [2.75, 3.05) is 5.32 Å². The van der Waals surface area contributed by atoms with E-state index < -0.39 is 5.97 Å². The number of benzene rings is 2. The standard InChI is InChI=1S/C26H26N2O3/c29-25(17-12-20-7-2-1-3-8-20)28-23-15-13-21(14-16-23)24(10-4-5-11-26(30)31)22-9-6-18-27-19-22/h1-3,6-10,13-16,18-19H,4-5,11-12,17H2,(H,28,29)(H,30,31)/b24-10-. The molecule has 0 saturated heterocycles. The van der Waals surface area contributed by atoms with Gasteiger partial charge in [-0.2, -0.15) is 0 Å². The first kappa shape index (κ1) is 22.0. The Morgan fingerprint density at radius 3 is 2.35 bits per heavy atom. The molecule has 0 fully saturated rings. The molecule has 0 bridgehead atoms. The van der Waals surface area contributed by atoms with Crippen LogP contribution < -0.4 is 5.32 Å². The van der Waals surface area contributed by atoms with Crippen LogP contribution in [0.4, 0.5) is 5.69 Å². The van der Waals surface area contributed by atoms with Gasteiger partial charge in [0.25, 0.3) is 0 Å². The number of carboxylic acids is 1. The smallest absolute Gasteiger partial charge is 0.303 e. The van der Waals surface area contributed by atoms with Crippen molar-refractivity contribution in [1.29, 1.82) is 0 Å². The first-order valence-electron chi connectivity index (χ1n) is 10.4. The van der Waals surface area contributed by atoms with Crippen molar-refractivity contribution in [2.24, 2.45) is 0 Å². The number of aromatic nitrogens is 1. The number of pyridine rings is 1. The van der Waals surface area contributed by atoms with E-state index in [9.17, 15) is 9.59 Å². The van der Waals surface area contributed by atoms with Gasteiger partial charge in [0.2, 0.25) is 5.91 Å². The molecule has 0 aliphatic heterocycles. The van der Waals surface area contributed by atoms with Crippen LogP contribution >= 0.6 is 0 Å². The second-order valence-electron chi connectivity index (χ2n) is 7.26. The Kier molecular flexibility index (Phi) is 8.12. The van der Waals surface area contributed by atoms with Gasteiger partial charge in [-0.15, -0.1) is 0 Å². The molecule has 2 N–H and O–H groups in total. The fourth-order valence-electron chi connectivity index (χ4n) is 3.28. The summed E-state index contributed by atoms with van der Waals surface area (Å²) >= 11 is 0. The maximum Gasteiger partial charge on any atom is 0.303 e. The Balaban J connectivity index is 1.65. The highest BCUT2D eigenvalue weighted by atomic mass is 16.4. The number of hydrogen-bond acceptors (Lipinski definition) is 3. The first-order valence-corrected chi connectivity index (χ1v) is 10.4. The van der Waals surface area contributed by atoms with Crippen molar-refractivity contribution in [2.45, 2.75) is 32.1 Å². The van der Waals surface area contributed by atoms with E-state index in [1.165, 1.54) is 0 Å². The summed E-state index contributed by atoms with van der Waals surface area (Å²) < 4.78 is 0. The van der Waals surface area contributed by atoms with Crippen LogP contribution in [0.3, 0.4) is 0 Å². The van der Waals surface area contributed by atoms with Gasteiger partial charge in [-0.25, -0.2) is 0 Å². The largest absolute Gasteiger partial charge is 0.481 e. The average molecular weight is 415 g/mol. The van der Waals surface area contributed by atoms with E-state index in [0.717, 1.165) is 28.0 Å². The average Bonchev–Trinajstić information content (AvgIpc) is 2.80. The van der Waals surface area contributed by atoms with Gasteiger partial charge >= 0.3 is 5.97 Å². The van der Waals surface area contributed by atoms with Crippen molar-refractivity contribution < 1.29 is 14.7 Å². The lowest BCUT2D eigenvalue weighted by Crippen LogP contribution is -2.12. The van der Waals surface area contributed by atoms with Gasteiger partial charge < -0.3 is 10.4 Å². The number of rotatable bonds is 10. The fourth-order valence-corrected chi connectivity index (χ4v) is 3.28. The molecule has 158 valence electrons. The zero-order chi connectivity index (χ0) is 21.9. The van der Waals surface area contributed by atoms with E-state index in [1.54, 1.807) is 12.4 Å². The third-order valence-electron chi connectivity index (χ3n) is 4.88. The van der Waals surface area contributed by atoms with Crippen LogP contribution in [0.15, 0.2) is 85.2 Å². The minimum atomic E-state index is -0.788. The fraction of sp³-hybridized carbons (Fsp3) is 0.192. The van der Waals surface area contributed by atoms with Gasteiger partial charge in [0, 0.05) is 36.5 Å². The SMILES string of the molecule is O=C(O)CCC/C=C(/c1ccc(NC(=O)CCc2ccccc2)cc1)c1cccnc1. The van der Waals surface area contributed by atoms with Crippen molar-refractivity contribution in [3.63, 3.8) is 0 Å². The minimum Gasteiger partial charge on any atom is -0.481 e. The number of nitrogens with one attached hydrogen (secondary N) is 1. The monoisotopic (exact) mass is 414 g/mol. The summed E-state index contributed by atoms with van der Waals surface area (Å²) in [6, 6.07) is 21.5. The lowest BCUT2D eigenvalue weighted by molar-refractivity contribution is -0.137. The first-order chi connectivity index (χ1) is 15.1. The number of unbranched alkanes of at least 4 members (excludes halogenated alkanes) is 1. The molecule has 0 aliphatic rings. The molecule has 5 heteroatoms. The number of aliphatic carboxylic acids is 1. The summed E-state index contributed by atoms with van der Waals surface area (Å²) in [5.74, 6) is -0.808. The van der Waals surface area contributed by atoms with Gasteiger partial charge in [-0.3, -0.25) is 14.6 Å². The lowest BCUT2D eigenvalue weighted by Gasteiger charge is -2.11. The van der Waals surface area contributed by atoms with Crippen molar-refractivity contribution in [3.05, 3.63) is 102 Å². The Hall–Kier alpha value is -3.73. The van der Waals surface area contributed by atoms with Gasteiger partial charge in [0.05, 0.1) is 0 Å². The second-order valence-corrected chi connectivity index (χ2v) is 7.26. The molecule has 0 aliphatic carbocycles. The van der Waals surface area contributed by atoms with Crippen molar-refractivity contribution >= 4 is 23.1 Å². The molecule has 1 aromatic heterocycles. The van der Waals surface area contributed by atoms with E-state index in [0.29, 0.717) is 25.7 Å². The summed E-state index contributed by atoms with van der Waals surface area (Å²) in [7, 11) is 0. The van der Waals surface area contributed by atoms with Crippen LogP contribution in [-0.4, -0.2) is 22.0 Å². The Morgan fingerprint density at radius 1 is 0.903 bits per heavy atom. The molecule has 5 nitrogen and oxygen atoms in total. The number of allylic oxidation sites excluding steroid dienone is 1. The van der Waals surface area contributed by atoms with Gasteiger partial charge in [0.1, 0.15) is 0 Å². The van der Waals surface area contributed by atoms with E-state index in [-0.39, 0.29) is 12.3 Å². The molecule has 0 atom stereocenters. The molecule has 1 amide bonds. The Bertz CT molecular complexity index is 1010. The predicted octanol–water partition coefficient (Wildman–Crippen LogP) is 5.34. The van der Waals surface area contributed by atoms with Gasteiger partial charge in [-0.05, 0) is 54.2 Å². The molecule has 2 aromatic carbocycles. The number of aryl methyl sites for hydroxylation is 1. The molecule has 31 heavy (non-hydrogen) atoms. The third-order valence-corrected chi connectivity index (χ3v) is 4.88. The molecule has 0 unspecified atom stereocenters. The maximum absolute atomic E-state index is 12.3. The quantitative estimate of drug-likeness (QED) is 0.439. The van der Waals surface area contributed by atoms with E-state index in [1.807, 2.05) is 72.8 Å². The molecule has 3 rings (SSSR count). The zero-order valence-electron chi connectivity index (χ0n) is 17.3. The summed E-state index contributed by atoms with van der Waals surface area (Å²) in [5, 5.41) is 11.8. The van der Waals surface area contributed by atoms with E-state index >= 15 is 0 Å². The number of anilines is 1. The van der Waals surface area contributed by atoms with E-state index in [4.69, 9.17) is 5.11 Å². The second kappa shape index (κ2) is 11.5. The summed E-state index contributed by atoms with van der Waals surface area (Å²) in [6.45, 7) is 0. The Labute approximate surface area is 182 Å². The van der Waals surface area contributed by atoms with Gasteiger partial charge in [-0.1, -0.05) is 54.6 Å². The molecular weight excluding hydrogens is 388 g/mol. The number of carbonyl (C=O) groups is 2. The number of carboxylic acid groups (broad SMARTS) is 1. The zero-order valence-corrected chi connectivity index (χ0v) is 17.3. The number of nitrogens with zero attached hydrogens (tertiary/aromatic N) is 1. The highest BCUT2D eigenvalue weighted by molar-refractivity contribution is 5.91. The normalized spacial score (nSPS) is 11.2. The van der Waals surface area contributed by atoms with Crippen LogP contribution in [0.2, 0.25) is 0 Å². The van der Waals surface area contributed by atoms with Gasteiger partial charge in [0.15, 0.2) is 0 Å². The summed E-state index contributed by atoms with van der Waals surface area (Å²) in [4.78, 5) is 27.2. The summed E-state index contributed by atoms with van der Waals surface area (Å²) in [6.07, 6.45) is 8.08. The van der Waals surface area contributed by atoms with E-state index in [2.05, 4.69) is 10.3 Å². The summed E-state index contributed by atoms with van der Waals surface area (Å²) in [5.41, 5.74) is 4.85. The highest BCUT2D eigenvalue weighted by Crippen LogP contribution is 2.25.